The third-order valence-electron chi connectivity index (χ3n) is 1.12. The van der Waals surface area contributed by atoms with Crippen molar-refractivity contribution in [3.8, 4) is 0 Å². The van der Waals surface area contributed by atoms with Crippen molar-refractivity contribution in [2.75, 3.05) is 6.54 Å². The fraction of sp³-hybridized carbons (Fsp3) is 0.333. The molecule has 0 heterocycles. The van der Waals surface area contributed by atoms with Crippen LogP contribution >= 0.6 is 0 Å². The molecule has 0 rings (SSSR count). The summed E-state index contributed by atoms with van der Waals surface area (Å²) >= 11 is 0. The summed E-state index contributed by atoms with van der Waals surface area (Å²) in [7, 11) is 0. The van der Waals surface area contributed by atoms with Gasteiger partial charge in [0, 0.05) is 4.92 Å². The second-order valence-electron chi connectivity index (χ2n) is 2.33. The Morgan fingerprint density at radius 2 is 2.31 bits per heavy atom. The van der Waals surface area contributed by atoms with Gasteiger partial charge in [0.1, 0.15) is 0 Å². The van der Waals surface area contributed by atoms with Crippen LogP contribution in [-0.2, 0) is 4.79 Å². The van der Waals surface area contributed by atoms with Crippen molar-refractivity contribution >= 4 is 11.6 Å². The molecule has 0 radical (unpaired) electrons. The molecule has 0 atom stereocenters. The summed E-state index contributed by atoms with van der Waals surface area (Å²) in [5.41, 5.74) is 4.65. The highest BCUT2D eigenvalue weighted by atomic mass is 16.6. The monoisotopic (exact) mass is 187 g/mol. The number of carbonyl (C=O) groups excluding carboxylic acids is 1. The van der Waals surface area contributed by atoms with Gasteiger partial charge in [-0.25, -0.2) is 0 Å². The molecule has 0 fully saturated rings. The van der Waals surface area contributed by atoms with Gasteiger partial charge in [-0.2, -0.15) is 0 Å². The maximum atomic E-state index is 10.5. The lowest BCUT2D eigenvalue weighted by Gasteiger charge is -1.94. The zero-order chi connectivity index (χ0) is 10.4. The summed E-state index contributed by atoms with van der Waals surface area (Å²) in [5.74, 6) is -0.940. The van der Waals surface area contributed by atoms with E-state index in [-0.39, 0.29) is 5.57 Å². The Hall–Kier alpha value is -1.92. The van der Waals surface area contributed by atoms with Crippen molar-refractivity contribution < 1.29 is 14.9 Å². The average molecular weight is 187 g/mol. The van der Waals surface area contributed by atoms with E-state index in [9.17, 15) is 14.9 Å². The Labute approximate surface area is 73.7 Å². The molecule has 0 saturated heterocycles. The van der Waals surface area contributed by atoms with E-state index in [1.54, 1.807) is 0 Å². The molecule has 0 unspecified atom stereocenters. The summed E-state index contributed by atoms with van der Waals surface area (Å²) in [6.07, 6.45) is 1.06. The molecular formula is C6H9N3O4. The first-order valence-corrected chi connectivity index (χ1v) is 3.28. The van der Waals surface area contributed by atoms with Crippen LogP contribution in [0.3, 0.4) is 0 Å². The second-order valence-corrected chi connectivity index (χ2v) is 2.33. The first-order chi connectivity index (χ1) is 5.97. The van der Waals surface area contributed by atoms with Crippen molar-refractivity contribution in [3.05, 3.63) is 21.8 Å². The van der Waals surface area contributed by atoms with E-state index < -0.39 is 23.1 Å². The lowest BCUT2D eigenvalue weighted by atomic mass is 10.2. The molecule has 1 amide bonds. The van der Waals surface area contributed by atoms with E-state index in [1.807, 2.05) is 0 Å². The van der Waals surface area contributed by atoms with Gasteiger partial charge in [-0.3, -0.25) is 14.9 Å². The Kier molecular flexibility index (Phi) is 4.14. The molecule has 0 aromatic heterocycles. The van der Waals surface area contributed by atoms with E-state index in [1.165, 1.54) is 6.92 Å². The predicted octanol–water partition coefficient (Wildman–Crippen LogP) is -0.475. The van der Waals surface area contributed by atoms with Crippen molar-refractivity contribution in [1.82, 2.24) is 0 Å². The summed E-state index contributed by atoms with van der Waals surface area (Å²) in [5, 5.41) is 20.8. The van der Waals surface area contributed by atoms with Crippen molar-refractivity contribution in [1.29, 1.82) is 0 Å². The van der Waals surface area contributed by atoms with E-state index in [0.29, 0.717) is 0 Å². The van der Waals surface area contributed by atoms with Gasteiger partial charge in [0.15, 0.2) is 5.71 Å². The highest BCUT2D eigenvalue weighted by Gasteiger charge is 2.07. The van der Waals surface area contributed by atoms with Gasteiger partial charge < -0.3 is 10.9 Å². The minimum absolute atomic E-state index is 0.275. The van der Waals surface area contributed by atoms with Crippen molar-refractivity contribution in [3.63, 3.8) is 0 Å². The quantitative estimate of drug-likeness (QED) is 0.267. The van der Waals surface area contributed by atoms with E-state index >= 15 is 0 Å². The van der Waals surface area contributed by atoms with Crippen LogP contribution in [0.15, 0.2) is 16.8 Å². The van der Waals surface area contributed by atoms with Gasteiger partial charge in [-0.05, 0) is 18.6 Å². The number of rotatable bonds is 4. The Morgan fingerprint density at radius 3 is 2.62 bits per heavy atom. The third kappa shape index (κ3) is 4.51. The van der Waals surface area contributed by atoms with Gasteiger partial charge in [0.25, 0.3) is 5.91 Å². The maximum absolute atomic E-state index is 10.5. The van der Waals surface area contributed by atoms with Gasteiger partial charge in [0.2, 0.25) is 6.54 Å². The molecule has 0 spiro atoms. The Balaban J connectivity index is 4.53. The lowest BCUT2D eigenvalue weighted by Crippen LogP contribution is -2.22. The number of nitro groups is 1. The molecule has 0 aromatic rings. The zero-order valence-electron chi connectivity index (χ0n) is 6.93. The molecule has 72 valence electrons. The van der Waals surface area contributed by atoms with Crippen LogP contribution in [0.5, 0.6) is 0 Å². The average Bonchev–Trinajstić information content (AvgIpc) is 1.98. The van der Waals surface area contributed by atoms with Crippen LogP contribution in [0.25, 0.3) is 0 Å². The molecule has 13 heavy (non-hydrogen) atoms. The number of carbonyl (C=O) groups is 1. The smallest absolute Gasteiger partial charge is 0.270 e. The van der Waals surface area contributed by atoms with Gasteiger partial charge >= 0.3 is 0 Å². The molecule has 0 aliphatic rings. The highest BCUT2D eigenvalue weighted by Crippen LogP contribution is 1.94. The molecule has 0 aromatic carbocycles. The summed E-state index contributed by atoms with van der Waals surface area (Å²) in [6, 6.07) is 0. The molecule has 0 bridgehead atoms. The molecule has 7 nitrogen and oxygen atoms in total. The van der Waals surface area contributed by atoms with Gasteiger partial charge in [-0.15, -0.1) is 0 Å². The number of hydrogen-bond donors (Lipinski definition) is 2. The zero-order valence-corrected chi connectivity index (χ0v) is 6.93. The van der Waals surface area contributed by atoms with Crippen LogP contribution in [0.4, 0.5) is 0 Å². The van der Waals surface area contributed by atoms with E-state index in [4.69, 9.17) is 10.9 Å². The standard InChI is InChI=1S/C6H9N3O4/c1-4(3-9(12)13)2-5(8-11)6(7)10/h2,11H,3H2,1H3,(H2,7,10)/b4-2+,8-5+. The van der Waals surface area contributed by atoms with Crippen LogP contribution < -0.4 is 5.73 Å². The van der Waals surface area contributed by atoms with Crippen LogP contribution in [-0.4, -0.2) is 28.3 Å². The van der Waals surface area contributed by atoms with Gasteiger partial charge in [-0.1, -0.05) is 5.16 Å². The largest absolute Gasteiger partial charge is 0.410 e. The SMILES string of the molecule is C/C(=C\C(=N/O)C(N)=O)C[N+](=O)[O-]. The molecular weight excluding hydrogens is 178 g/mol. The first kappa shape index (κ1) is 11.1. The van der Waals surface area contributed by atoms with Crippen LogP contribution in [0.1, 0.15) is 6.92 Å². The number of nitrogens with two attached hydrogens (primary N) is 1. The second kappa shape index (κ2) is 4.86. The minimum atomic E-state index is -0.940. The number of primary amides is 1. The number of hydrogen-bond acceptors (Lipinski definition) is 5. The fourth-order valence-electron chi connectivity index (χ4n) is 0.632. The normalized spacial score (nSPS) is 12.7. The van der Waals surface area contributed by atoms with Crippen LogP contribution in [0, 0.1) is 10.1 Å². The summed E-state index contributed by atoms with van der Waals surface area (Å²) in [4.78, 5) is 19.9. The fourth-order valence-corrected chi connectivity index (χ4v) is 0.632. The topological polar surface area (TPSA) is 119 Å². The summed E-state index contributed by atoms with van der Waals surface area (Å²) < 4.78 is 0. The molecule has 0 aliphatic carbocycles. The Morgan fingerprint density at radius 1 is 1.77 bits per heavy atom. The number of nitrogens with zero attached hydrogens (tertiary/aromatic N) is 2. The highest BCUT2D eigenvalue weighted by molar-refractivity contribution is 6.42. The molecule has 0 saturated carbocycles. The molecule has 3 N–H and O–H groups in total. The number of amides is 1. The van der Waals surface area contributed by atoms with Gasteiger partial charge in [0.05, 0.1) is 0 Å². The summed E-state index contributed by atoms with van der Waals surface area (Å²) in [6.45, 7) is 1.00. The molecule has 0 aliphatic heterocycles. The van der Waals surface area contributed by atoms with E-state index in [2.05, 4.69) is 5.16 Å². The van der Waals surface area contributed by atoms with Crippen molar-refractivity contribution in [2.45, 2.75) is 6.92 Å². The first-order valence-electron chi connectivity index (χ1n) is 3.28. The Bertz CT molecular complexity index is 282. The van der Waals surface area contributed by atoms with Crippen molar-refractivity contribution in [2.24, 2.45) is 10.9 Å². The third-order valence-corrected chi connectivity index (χ3v) is 1.12. The minimum Gasteiger partial charge on any atom is -0.410 e. The maximum Gasteiger partial charge on any atom is 0.270 e. The predicted molar refractivity (Wildman–Crippen MR) is 44.0 cm³/mol. The lowest BCUT2D eigenvalue weighted by molar-refractivity contribution is -0.470. The van der Waals surface area contributed by atoms with Crippen LogP contribution in [0.2, 0.25) is 0 Å². The van der Waals surface area contributed by atoms with E-state index in [0.717, 1.165) is 6.08 Å². The number of oxime groups is 1. The molecule has 7 heteroatoms.